The van der Waals surface area contributed by atoms with Gasteiger partial charge in [0.15, 0.2) is 5.09 Å². The first-order chi connectivity index (χ1) is 12.4. The number of benzene rings is 2. The van der Waals surface area contributed by atoms with E-state index in [4.69, 9.17) is 16.0 Å². The van der Waals surface area contributed by atoms with E-state index in [1.807, 2.05) is 30.3 Å². The molecule has 0 spiro atoms. The molecule has 7 heteroatoms. The van der Waals surface area contributed by atoms with Crippen LogP contribution in [0.25, 0.3) is 0 Å². The van der Waals surface area contributed by atoms with E-state index in [0.29, 0.717) is 27.1 Å². The predicted molar refractivity (Wildman–Crippen MR) is 107 cm³/mol. The Labute approximate surface area is 168 Å². The van der Waals surface area contributed by atoms with E-state index in [0.717, 1.165) is 9.37 Å². The fraction of sp³-hybridized carbons (Fsp3) is 0.0526. The summed E-state index contributed by atoms with van der Waals surface area (Å²) in [5.41, 5.74) is 1.43. The van der Waals surface area contributed by atoms with E-state index in [1.165, 1.54) is 11.8 Å². The van der Waals surface area contributed by atoms with E-state index in [-0.39, 0.29) is 5.56 Å². The maximum atomic E-state index is 11.2. The highest BCUT2D eigenvalue weighted by atomic mass is 79.9. The zero-order valence-electron chi connectivity index (χ0n) is 13.6. The third kappa shape index (κ3) is 4.38. The molecule has 0 atom stereocenters. The van der Waals surface area contributed by atoms with E-state index in [9.17, 15) is 9.90 Å². The number of halogens is 2. The van der Waals surface area contributed by atoms with E-state index >= 15 is 0 Å². The van der Waals surface area contributed by atoms with Crippen LogP contribution in [-0.4, -0.2) is 17.3 Å². The first-order valence-electron chi connectivity index (χ1n) is 7.54. The Morgan fingerprint density at radius 1 is 1.27 bits per heavy atom. The van der Waals surface area contributed by atoms with Crippen molar-refractivity contribution in [2.45, 2.75) is 16.9 Å². The van der Waals surface area contributed by atoms with Gasteiger partial charge in [0.1, 0.15) is 5.76 Å². The highest BCUT2D eigenvalue weighted by Gasteiger charge is 2.11. The average molecular weight is 451 g/mol. The summed E-state index contributed by atoms with van der Waals surface area (Å²) in [7, 11) is 0. The first-order valence-corrected chi connectivity index (χ1v) is 9.52. The molecule has 3 aromatic rings. The Morgan fingerprint density at radius 3 is 2.69 bits per heavy atom. The van der Waals surface area contributed by atoms with Crippen LogP contribution in [-0.2, 0) is 0 Å². The molecule has 1 heterocycles. The molecule has 132 valence electrons. The lowest BCUT2D eigenvalue weighted by Gasteiger charge is -2.03. The molecule has 4 nitrogen and oxygen atoms in total. The summed E-state index contributed by atoms with van der Waals surface area (Å²) in [6.45, 7) is 1.73. The van der Waals surface area contributed by atoms with Crippen LogP contribution in [0, 0.1) is 6.92 Å². The van der Waals surface area contributed by atoms with Crippen LogP contribution in [0.3, 0.4) is 0 Å². The molecule has 3 rings (SSSR count). The van der Waals surface area contributed by atoms with E-state index in [1.54, 1.807) is 31.3 Å². The summed E-state index contributed by atoms with van der Waals surface area (Å²) in [6.07, 6.45) is 1.57. The van der Waals surface area contributed by atoms with Crippen molar-refractivity contribution in [3.63, 3.8) is 0 Å². The highest BCUT2D eigenvalue weighted by molar-refractivity contribution is 9.10. The summed E-state index contributed by atoms with van der Waals surface area (Å²) in [5, 5.41) is 10.6. The Hall–Kier alpha value is -2.02. The second-order valence-electron chi connectivity index (χ2n) is 5.35. The number of furan rings is 1. The van der Waals surface area contributed by atoms with Gasteiger partial charge in [0.2, 0.25) is 0 Å². The number of aromatic carboxylic acids is 1. The molecule has 0 aliphatic rings. The van der Waals surface area contributed by atoms with Crippen molar-refractivity contribution in [2.24, 2.45) is 4.99 Å². The summed E-state index contributed by atoms with van der Waals surface area (Å²) in [4.78, 5) is 16.6. The molecule has 0 amide bonds. The van der Waals surface area contributed by atoms with Crippen molar-refractivity contribution in [3.05, 3.63) is 74.9 Å². The third-order valence-corrected chi connectivity index (χ3v) is 5.67. The molecule has 0 radical (unpaired) electrons. The van der Waals surface area contributed by atoms with E-state index < -0.39 is 5.97 Å². The minimum absolute atomic E-state index is 0.235. The average Bonchev–Trinajstić information content (AvgIpc) is 2.95. The molecule has 1 N–H and O–H groups in total. The molecule has 0 saturated heterocycles. The molecular weight excluding hydrogens is 438 g/mol. The largest absolute Gasteiger partial charge is 0.478 e. The van der Waals surface area contributed by atoms with Gasteiger partial charge in [-0.2, -0.15) is 0 Å². The van der Waals surface area contributed by atoms with Gasteiger partial charge in [0.25, 0.3) is 0 Å². The van der Waals surface area contributed by atoms with Crippen LogP contribution in [0.5, 0.6) is 0 Å². The van der Waals surface area contributed by atoms with Gasteiger partial charge in [-0.05, 0) is 64.8 Å². The molecule has 0 fully saturated rings. The monoisotopic (exact) mass is 449 g/mol. The van der Waals surface area contributed by atoms with Crippen LogP contribution >= 0.6 is 39.3 Å². The lowest BCUT2D eigenvalue weighted by molar-refractivity contribution is 0.0696. The summed E-state index contributed by atoms with van der Waals surface area (Å²) < 4.78 is 6.62. The molecule has 0 aliphatic carbocycles. The van der Waals surface area contributed by atoms with Gasteiger partial charge in [-0.25, -0.2) is 4.79 Å². The van der Waals surface area contributed by atoms with Gasteiger partial charge in [-0.1, -0.05) is 29.4 Å². The quantitative estimate of drug-likeness (QED) is 0.445. The van der Waals surface area contributed by atoms with Crippen LogP contribution < -0.4 is 0 Å². The van der Waals surface area contributed by atoms with Crippen molar-refractivity contribution in [1.29, 1.82) is 0 Å². The number of rotatable bonds is 5. The Kier molecular flexibility index (Phi) is 5.86. The van der Waals surface area contributed by atoms with Gasteiger partial charge >= 0.3 is 5.97 Å². The lowest BCUT2D eigenvalue weighted by atomic mass is 10.1. The molecular formula is C19H13BrClNO3S. The van der Waals surface area contributed by atoms with Crippen molar-refractivity contribution in [2.75, 3.05) is 0 Å². The third-order valence-electron chi connectivity index (χ3n) is 3.57. The summed E-state index contributed by atoms with van der Waals surface area (Å²) >= 11 is 10.8. The number of nitrogens with zero attached hydrogens (tertiary/aromatic N) is 1. The van der Waals surface area contributed by atoms with Crippen LogP contribution in [0.1, 0.15) is 21.7 Å². The van der Waals surface area contributed by atoms with Crippen molar-refractivity contribution < 1.29 is 14.3 Å². The van der Waals surface area contributed by atoms with Crippen LogP contribution in [0.15, 0.2) is 72.4 Å². The number of carboxylic acids is 1. The number of carboxylic acid groups (broad SMARTS) is 1. The molecule has 0 aliphatic heterocycles. The summed E-state index contributed by atoms with van der Waals surface area (Å²) in [6, 6.07) is 14.3. The topological polar surface area (TPSA) is 62.8 Å². The Morgan fingerprint density at radius 2 is 2.00 bits per heavy atom. The molecule has 0 saturated carbocycles. The molecule has 1 aromatic heterocycles. The number of aliphatic imine (C=N–C) groups is 1. The fourth-order valence-corrected chi connectivity index (χ4v) is 3.70. The van der Waals surface area contributed by atoms with Crippen molar-refractivity contribution in [3.8, 4) is 0 Å². The number of hydrogen-bond donors (Lipinski definition) is 1. The molecule has 2 aromatic carbocycles. The molecule has 0 bridgehead atoms. The van der Waals surface area contributed by atoms with Gasteiger partial charge in [0, 0.05) is 16.0 Å². The highest BCUT2D eigenvalue weighted by Crippen LogP contribution is 2.36. The zero-order valence-corrected chi connectivity index (χ0v) is 16.7. The maximum absolute atomic E-state index is 11.2. The molecule has 26 heavy (non-hydrogen) atoms. The second-order valence-corrected chi connectivity index (χ2v) is 7.69. The smallest absolute Gasteiger partial charge is 0.336 e. The SMILES string of the molecule is Cc1c(N=Cc2cc(Br)c(Sc3ccc(Cl)cc3)o2)cccc1C(=O)O. The zero-order chi connectivity index (χ0) is 18.7. The van der Waals surface area contributed by atoms with Gasteiger partial charge in [-0.3, -0.25) is 4.99 Å². The minimum Gasteiger partial charge on any atom is -0.478 e. The standard InChI is InChI=1S/C19H13BrClNO3S/c1-11-15(18(23)24)3-2-4-17(11)22-10-13-9-16(20)19(25-13)26-14-7-5-12(21)6-8-14/h2-10H,1H3,(H,23,24). The van der Waals surface area contributed by atoms with Crippen LogP contribution in [0.4, 0.5) is 5.69 Å². The fourth-order valence-electron chi connectivity index (χ4n) is 2.24. The van der Waals surface area contributed by atoms with Crippen molar-refractivity contribution in [1.82, 2.24) is 0 Å². The van der Waals surface area contributed by atoms with E-state index in [2.05, 4.69) is 20.9 Å². The number of carbonyl (C=O) groups is 1. The lowest BCUT2D eigenvalue weighted by Crippen LogP contribution is -1.99. The van der Waals surface area contributed by atoms with Crippen LogP contribution in [0.2, 0.25) is 5.02 Å². The Balaban J connectivity index is 1.81. The predicted octanol–water partition coefficient (Wildman–Crippen LogP) is 6.60. The molecule has 0 unspecified atom stereocenters. The Bertz CT molecular complexity index is 983. The van der Waals surface area contributed by atoms with Gasteiger partial charge < -0.3 is 9.52 Å². The second kappa shape index (κ2) is 8.12. The minimum atomic E-state index is -0.970. The number of hydrogen-bond acceptors (Lipinski definition) is 4. The normalized spacial score (nSPS) is 11.2. The first kappa shape index (κ1) is 18.8. The van der Waals surface area contributed by atoms with Gasteiger partial charge in [0.05, 0.1) is 21.9 Å². The summed E-state index contributed by atoms with van der Waals surface area (Å²) in [5.74, 6) is -0.407. The van der Waals surface area contributed by atoms with Crippen molar-refractivity contribution >= 4 is 57.2 Å². The van der Waals surface area contributed by atoms with Gasteiger partial charge in [-0.15, -0.1) is 0 Å². The maximum Gasteiger partial charge on any atom is 0.336 e.